The number of sulfone groups is 2. The zero-order valence-corrected chi connectivity index (χ0v) is 34.6. The van der Waals surface area contributed by atoms with Crippen LogP contribution in [0.15, 0.2) is 40.3 Å². The second kappa shape index (κ2) is 27.4. The Morgan fingerprint density at radius 2 is 1.18 bits per heavy atom. The maximum absolute atomic E-state index is 12.1. The summed E-state index contributed by atoms with van der Waals surface area (Å²) in [7, 11) is -6.13. The molecular formula is C25H39Br4Cl3O4S4. The van der Waals surface area contributed by atoms with Gasteiger partial charge in [-0.2, -0.15) is 11.3 Å². The molecular weight excluding hydrogens is 919 g/mol. The van der Waals surface area contributed by atoms with Crippen molar-refractivity contribution in [2.45, 2.75) is 105 Å². The van der Waals surface area contributed by atoms with E-state index in [-0.39, 0.29) is 5.75 Å². The van der Waals surface area contributed by atoms with Crippen LogP contribution in [0, 0.1) is 0 Å². The Hall–Kier alpha value is 2.09. The fraction of sp³-hybridized carbons (Fsp3) is 0.680. The van der Waals surface area contributed by atoms with Crippen LogP contribution in [0.4, 0.5) is 0 Å². The normalized spacial score (nSPS) is 11.2. The van der Waals surface area contributed by atoms with Crippen molar-refractivity contribution in [2.24, 2.45) is 0 Å². The quantitative estimate of drug-likeness (QED) is 0.124. The Morgan fingerprint density at radius 1 is 0.750 bits per heavy atom. The lowest BCUT2D eigenvalue weighted by Gasteiger charge is -2.03. The molecule has 0 bridgehead atoms. The van der Waals surface area contributed by atoms with Crippen LogP contribution in [0.3, 0.4) is 0 Å². The molecule has 15 heteroatoms. The minimum Gasteiger partial charge on any atom is -0.224 e. The molecule has 2 heterocycles. The molecule has 0 unspecified atom stereocenters. The van der Waals surface area contributed by atoms with Crippen molar-refractivity contribution in [3.63, 3.8) is 0 Å². The Balaban J connectivity index is 0. The van der Waals surface area contributed by atoms with Crippen molar-refractivity contribution >= 4 is 137 Å². The van der Waals surface area contributed by atoms with E-state index in [0.717, 1.165) is 42.3 Å². The highest BCUT2D eigenvalue weighted by atomic mass is 80.9. The third-order valence-electron chi connectivity index (χ3n) is 5.35. The van der Waals surface area contributed by atoms with Crippen molar-refractivity contribution in [3.05, 3.63) is 30.5 Å². The molecule has 0 aliphatic carbocycles. The Bertz CT molecular complexity index is 1060. The predicted octanol–water partition coefficient (Wildman–Crippen LogP) is 13.0. The number of unbranched alkanes of at least 4 members (excludes halogenated alkanes) is 10. The molecule has 2 rings (SSSR count). The zero-order chi connectivity index (χ0) is 31.0. The highest BCUT2D eigenvalue weighted by Crippen LogP contribution is 2.35. The van der Waals surface area contributed by atoms with E-state index >= 15 is 0 Å². The van der Waals surface area contributed by atoms with Gasteiger partial charge in [-0.3, -0.25) is 0 Å². The molecule has 4 nitrogen and oxygen atoms in total. The number of halogens is 7. The van der Waals surface area contributed by atoms with Crippen LogP contribution in [-0.4, -0.2) is 32.6 Å². The van der Waals surface area contributed by atoms with E-state index in [1.54, 1.807) is 17.5 Å². The van der Waals surface area contributed by atoms with Crippen LogP contribution in [0.25, 0.3) is 0 Å². The number of hydrogen-bond acceptors (Lipinski definition) is 6. The summed E-state index contributed by atoms with van der Waals surface area (Å²) in [6, 6.07) is 3.37. The molecule has 2 aromatic heterocycles. The van der Waals surface area contributed by atoms with Crippen LogP contribution in [0.1, 0.15) is 90.9 Å². The molecule has 0 fully saturated rings. The second-order valence-corrected chi connectivity index (χ2v) is 19.3. The molecule has 0 aromatic carbocycles. The van der Waals surface area contributed by atoms with Gasteiger partial charge in [-0.1, -0.05) is 113 Å². The van der Waals surface area contributed by atoms with E-state index in [0.29, 0.717) is 19.3 Å². The summed E-state index contributed by atoms with van der Waals surface area (Å²) in [6.45, 7) is 4.36. The average Bonchev–Trinajstić information content (AvgIpc) is 3.55. The second-order valence-electron chi connectivity index (χ2n) is 8.57. The van der Waals surface area contributed by atoms with Crippen LogP contribution in [0.2, 0.25) is 0 Å². The minimum absolute atomic E-state index is 0.251. The Labute approximate surface area is 297 Å². The highest BCUT2D eigenvalue weighted by Gasteiger charge is 2.20. The van der Waals surface area contributed by atoms with Gasteiger partial charge in [0.2, 0.25) is 0 Å². The lowest BCUT2D eigenvalue weighted by molar-refractivity contribution is 0.582. The lowest BCUT2D eigenvalue weighted by atomic mass is 10.1. The first-order valence-electron chi connectivity index (χ1n) is 12.9. The van der Waals surface area contributed by atoms with E-state index in [1.807, 2.05) is 5.38 Å². The summed E-state index contributed by atoms with van der Waals surface area (Å²) >= 11 is 29.4. The molecule has 0 aliphatic heterocycles. The summed E-state index contributed by atoms with van der Waals surface area (Å²) < 4.78 is 48.6. The molecule has 0 aliphatic rings. The molecule has 0 radical (unpaired) electrons. The van der Waals surface area contributed by atoms with Gasteiger partial charge in [0, 0.05) is 33.6 Å². The lowest BCUT2D eigenvalue weighted by Crippen LogP contribution is -2.06. The van der Waals surface area contributed by atoms with E-state index in [4.69, 9.17) is 34.8 Å². The molecule has 0 amide bonds. The summed E-state index contributed by atoms with van der Waals surface area (Å²) in [6.07, 6.45) is 13.3. The maximum atomic E-state index is 12.1. The third kappa shape index (κ3) is 23.5. The van der Waals surface area contributed by atoms with Crippen molar-refractivity contribution in [1.82, 2.24) is 0 Å². The van der Waals surface area contributed by atoms with Gasteiger partial charge in [-0.25, -0.2) is 16.8 Å². The van der Waals surface area contributed by atoms with Crippen molar-refractivity contribution in [3.8, 4) is 0 Å². The monoisotopic (exact) mass is 952 g/mol. The molecule has 0 spiro atoms. The van der Waals surface area contributed by atoms with Gasteiger partial charge in [-0.15, -0.1) is 11.3 Å². The topological polar surface area (TPSA) is 68.3 Å². The van der Waals surface area contributed by atoms with Crippen molar-refractivity contribution < 1.29 is 16.8 Å². The Kier molecular flexibility index (Phi) is 30.3. The van der Waals surface area contributed by atoms with Gasteiger partial charge < -0.3 is 0 Å². The highest BCUT2D eigenvalue weighted by molar-refractivity contribution is 9.93. The molecule has 0 atom stereocenters. The fourth-order valence-corrected chi connectivity index (χ4v) is 11.1. The summed E-state index contributed by atoms with van der Waals surface area (Å²) in [5.41, 5.74) is 0. The summed E-state index contributed by atoms with van der Waals surface area (Å²) in [5, 5.41) is 3.53. The van der Waals surface area contributed by atoms with E-state index < -0.39 is 24.0 Å². The first-order chi connectivity index (χ1) is 18.9. The number of hydrogen-bond donors (Lipinski definition) is 0. The van der Waals surface area contributed by atoms with Gasteiger partial charge in [0.15, 0.2) is 24.0 Å². The number of rotatable bonds is 16. The van der Waals surface area contributed by atoms with E-state index in [9.17, 15) is 16.8 Å². The van der Waals surface area contributed by atoms with Gasteiger partial charge in [0.25, 0.3) is 0 Å². The van der Waals surface area contributed by atoms with Crippen LogP contribution in [-0.2, 0) is 19.7 Å². The summed E-state index contributed by atoms with van der Waals surface area (Å²) in [4.78, 5) is 0.916. The zero-order valence-electron chi connectivity index (χ0n) is 22.7. The molecule has 236 valence electrons. The predicted molar refractivity (Wildman–Crippen MR) is 194 cm³/mol. The van der Waals surface area contributed by atoms with Gasteiger partial charge >= 0.3 is 0 Å². The van der Waals surface area contributed by atoms with Crippen molar-refractivity contribution in [1.29, 1.82) is 0 Å². The van der Waals surface area contributed by atoms with E-state index in [1.165, 1.54) is 61.2 Å². The van der Waals surface area contributed by atoms with Crippen molar-refractivity contribution in [2.75, 3.05) is 11.5 Å². The first kappa shape index (κ1) is 44.2. The smallest absolute Gasteiger partial charge is 0.180 e. The number of thiophene rings is 2. The van der Waals surface area contributed by atoms with Gasteiger partial charge in [0.1, 0.15) is 0 Å². The SMILES string of the molecule is BrBr.CCCCCCCCS(=O)(=O)c1cc(Br)sc1Br.CCCCCCCCS(=O)(=O)c1ccsc1.ClC(Cl)Cl. The third-order valence-corrected chi connectivity index (χ3v) is 12.5. The minimum atomic E-state index is -3.13. The molecule has 0 N–H and O–H groups in total. The largest absolute Gasteiger partial charge is 0.224 e. The van der Waals surface area contributed by atoms with Gasteiger partial charge in [-0.05, 0) is 62.2 Å². The van der Waals surface area contributed by atoms with Crippen LogP contribution in [0.5, 0.6) is 0 Å². The standard InChI is InChI=1S/C12H18Br2O2S2.C12H20O2S2.CHCl3.Br2/c1-2-3-4-5-6-7-8-18(15,16)10-9-11(13)17-12(10)14;1-2-3-4-5-6-7-10-16(13,14)12-8-9-15-11-12;2-1(3)4;1-2/h9H,2-8H2,1H3;8-9,11H,2-7,10H2,1H3;1H;. The van der Waals surface area contributed by atoms with Crippen LogP contribution >= 0.6 is 118 Å². The first-order valence-corrected chi connectivity index (χ1v) is 24.5. The number of alkyl halides is 3. The maximum Gasteiger partial charge on any atom is 0.180 e. The average molecular weight is 958 g/mol. The molecule has 2 aromatic rings. The summed E-state index contributed by atoms with van der Waals surface area (Å²) in [5.74, 6) is 0.552. The molecule has 40 heavy (non-hydrogen) atoms. The fourth-order valence-electron chi connectivity index (χ4n) is 3.34. The van der Waals surface area contributed by atoms with E-state index in [2.05, 4.69) is 74.0 Å². The van der Waals surface area contributed by atoms with Gasteiger partial charge in [0.05, 0.1) is 28.9 Å². The Morgan fingerprint density at radius 3 is 1.55 bits per heavy atom. The van der Waals surface area contributed by atoms with Crippen LogP contribution < -0.4 is 0 Å². The molecule has 0 saturated carbocycles. The molecule has 0 saturated heterocycles.